The SMILES string of the molecule is CN(C)c1ccc(C2(c3ccccc3)C=Cc3c4c(c5ccn(C)c5c3O2)-c2ccccc2C42CC3CCC2C3)cc1. The topological polar surface area (TPSA) is 17.4 Å². The molecule has 0 amide bonds. The predicted octanol–water partition coefficient (Wildman–Crippen LogP) is 8.68. The first kappa shape index (κ1) is 24.4. The number of hydrogen-bond donors (Lipinski definition) is 0. The average molecular weight is 549 g/mol. The highest BCUT2D eigenvalue weighted by Crippen LogP contribution is 2.68. The van der Waals surface area contributed by atoms with Crippen molar-refractivity contribution in [3.05, 3.63) is 125 Å². The zero-order valence-corrected chi connectivity index (χ0v) is 24.6. The van der Waals surface area contributed by atoms with Crippen LogP contribution >= 0.6 is 0 Å². The Balaban J connectivity index is 1.35. The first-order valence-electron chi connectivity index (χ1n) is 15.5. The standard InChI is InChI=1S/C39H36N2O/c1-40(2)29-17-15-27(16-18-29)39(26-9-5-4-6-10-26)21-19-32-35-34(31-20-22-41(3)36(31)37(32)42-39)30-11-7-8-12-33(30)38(35)24-25-13-14-28(38)23-25/h4-12,15-22,25,28H,13-14,23-24H2,1-3H3. The van der Waals surface area contributed by atoms with Crippen molar-refractivity contribution in [1.82, 2.24) is 4.57 Å². The van der Waals surface area contributed by atoms with Crippen LogP contribution in [0.15, 0.2) is 97.2 Å². The van der Waals surface area contributed by atoms with Gasteiger partial charge < -0.3 is 14.2 Å². The van der Waals surface area contributed by atoms with Gasteiger partial charge in [-0.2, -0.15) is 0 Å². The summed E-state index contributed by atoms with van der Waals surface area (Å²) in [4.78, 5) is 2.15. The molecule has 2 heterocycles. The van der Waals surface area contributed by atoms with Gasteiger partial charge in [-0.05, 0) is 77.6 Å². The molecule has 1 aromatic heterocycles. The summed E-state index contributed by atoms with van der Waals surface area (Å²) in [5.41, 5.74) is 11.3. The van der Waals surface area contributed by atoms with Gasteiger partial charge in [0, 0.05) is 60.5 Å². The first-order chi connectivity index (χ1) is 20.5. The third kappa shape index (κ3) is 2.96. The van der Waals surface area contributed by atoms with E-state index < -0.39 is 5.60 Å². The van der Waals surface area contributed by atoms with Crippen molar-refractivity contribution in [2.45, 2.75) is 36.7 Å². The number of benzene rings is 4. The second-order valence-electron chi connectivity index (χ2n) is 13.3. The summed E-state index contributed by atoms with van der Waals surface area (Å²) < 4.78 is 9.80. The number of aryl methyl sites for hydroxylation is 1. The summed E-state index contributed by atoms with van der Waals surface area (Å²) in [5.74, 6) is 2.54. The minimum absolute atomic E-state index is 0.0801. The molecule has 0 radical (unpaired) electrons. The van der Waals surface area contributed by atoms with Gasteiger partial charge in [0.2, 0.25) is 0 Å². The van der Waals surface area contributed by atoms with Crippen molar-refractivity contribution in [2.24, 2.45) is 18.9 Å². The van der Waals surface area contributed by atoms with E-state index in [4.69, 9.17) is 4.74 Å². The first-order valence-corrected chi connectivity index (χ1v) is 15.5. The molecule has 208 valence electrons. The Morgan fingerprint density at radius 2 is 1.62 bits per heavy atom. The monoisotopic (exact) mass is 548 g/mol. The minimum atomic E-state index is -0.724. The molecular weight excluding hydrogens is 512 g/mol. The van der Waals surface area contributed by atoms with Crippen LogP contribution in [-0.4, -0.2) is 18.7 Å². The van der Waals surface area contributed by atoms with Crippen molar-refractivity contribution in [3.63, 3.8) is 0 Å². The molecule has 1 aliphatic heterocycles. The average Bonchev–Trinajstić information content (AvgIpc) is 3.81. The zero-order valence-electron chi connectivity index (χ0n) is 24.6. The van der Waals surface area contributed by atoms with E-state index in [9.17, 15) is 0 Å². The quantitative estimate of drug-likeness (QED) is 0.224. The molecule has 3 nitrogen and oxygen atoms in total. The lowest BCUT2D eigenvalue weighted by Gasteiger charge is -2.41. The molecule has 4 atom stereocenters. The number of anilines is 1. The van der Waals surface area contributed by atoms with E-state index in [2.05, 4.69) is 134 Å². The second-order valence-corrected chi connectivity index (χ2v) is 13.3. The molecule has 2 bridgehead atoms. The Hall–Kier alpha value is -4.24. The molecule has 2 saturated carbocycles. The number of nitrogens with zero attached hydrogens (tertiary/aromatic N) is 2. The smallest absolute Gasteiger partial charge is 0.178 e. The van der Waals surface area contributed by atoms with Crippen LogP contribution in [0.4, 0.5) is 5.69 Å². The van der Waals surface area contributed by atoms with E-state index in [-0.39, 0.29) is 5.41 Å². The van der Waals surface area contributed by atoms with Gasteiger partial charge in [0.25, 0.3) is 0 Å². The molecule has 3 heteroatoms. The second kappa shape index (κ2) is 8.41. The van der Waals surface area contributed by atoms with Crippen molar-refractivity contribution >= 4 is 22.7 Å². The highest BCUT2D eigenvalue weighted by molar-refractivity contribution is 6.08. The molecule has 0 saturated heterocycles. The summed E-state index contributed by atoms with van der Waals surface area (Å²) in [6.45, 7) is 0. The Labute approximate surface area is 248 Å². The van der Waals surface area contributed by atoms with Gasteiger partial charge >= 0.3 is 0 Å². The number of fused-ring (bicyclic) bond motifs is 13. The molecule has 0 N–H and O–H groups in total. The van der Waals surface area contributed by atoms with Gasteiger partial charge in [0.15, 0.2) is 11.4 Å². The number of ether oxygens (including phenoxy) is 1. The fraction of sp³-hybridized carbons (Fsp3) is 0.282. The Bertz CT molecular complexity index is 1910. The summed E-state index contributed by atoms with van der Waals surface area (Å²) in [6.07, 6.45) is 12.3. The molecule has 42 heavy (non-hydrogen) atoms. The highest BCUT2D eigenvalue weighted by atomic mass is 16.5. The molecule has 1 spiro atoms. The largest absolute Gasteiger partial charge is 0.471 e. The highest BCUT2D eigenvalue weighted by Gasteiger charge is 2.58. The molecule has 9 rings (SSSR count). The third-order valence-electron chi connectivity index (χ3n) is 11.1. The van der Waals surface area contributed by atoms with E-state index in [0.29, 0.717) is 5.92 Å². The zero-order chi connectivity index (χ0) is 28.2. The van der Waals surface area contributed by atoms with Crippen molar-refractivity contribution in [1.29, 1.82) is 0 Å². The molecule has 2 fully saturated rings. The fourth-order valence-electron chi connectivity index (χ4n) is 9.29. The van der Waals surface area contributed by atoms with Gasteiger partial charge in [-0.25, -0.2) is 0 Å². The van der Waals surface area contributed by atoms with Crippen LogP contribution in [0.5, 0.6) is 5.75 Å². The Morgan fingerprint density at radius 1 is 0.857 bits per heavy atom. The summed E-state index contributed by atoms with van der Waals surface area (Å²) in [7, 11) is 6.35. The maximum Gasteiger partial charge on any atom is 0.178 e. The van der Waals surface area contributed by atoms with Crippen LogP contribution in [0.3, 0.4) is 0 Å². The maximum absolute atomic E-state index is 7.53. The van der Waals surface area contributed by atoms with Crippen LogP contribution in [-0.2, 0) is 18.1 Å². The van der Waals surface area contributed by atoms with Gasteiger partial charge in [0.1, 0.15) is 0 Å². The molecule has 4 aliphatic rings. The van der Waals surface area contributed by atoms with Crippen LogP contribution in [0.25, 0.3) is 28.1 Å². The normalized spacial score (nSPS) is 26.4. The van der Waals surface area contributed by atoms with E-state index in [1.807, 2.05) is 0 Å². The predicted molar refractivity (Wildman–Crippen MR) is 172 cm³/mol. The Kier molecular flexibility index (Phi) is 4.88. The van der Waals surface area contributed by atoms with E-state index in [0.717, 1.165) is 22.8 Å². The van der Waals surface area contributed by atoms with Gasteiger partial charge in [-0.15, -0.1) is 0 Å². The number of hydrogen-bond acceptors (Lipinski definition) is 2. The molecule has 4 aromatic carbocycles. The van der Waals surface area contributed by atoms with Gasteiger partial charge in [0.05, 0.1) is 5.52 Å². The van der Waals surface area contributed by atoms with Crippen molar-refractivity contribution in [3.8, 4) is 16.9 Å². The van der Waals surface area contributed by atoms with Gasteiger partial charge in [-0.3, -0.25) is 0 Å². The summed E-state index contributed by atoms with van der Waals surface area (Å²) in [6, 6.07) is 31.3. The minimum Gasteiger partial charge on any atom is -0.471 e. The molecular formula is C39H36N2O. The maximum atomic E-state index is 7.53. The molecule has 5 aromatic rings. The van der Waals surface area contributed by atoms with Crippen LogP contribution in [0.1, 0.15) is 53.5 Å². The summed E-state index contributed by atoms with van der Waals surface area (Å²) >= 11 is 0. The molecule has 4 unspecified atom stereocenters. The Morgan fingerprint density at radius 3 is 2.36 bits per heavy atom. The van der Waals surface area contributed by atoms with Crippen LogP contribution in [0, 0.1) is 11.8 Å². The van der Waals surface area contributed by atoms with E-state index in [1.165, 1.54) is 64.5 Å². The lowest BCUT2D eigenvalue weighted by Crippen LogP contribution is -2.36. The fourth-order valence-corrected chi connectivity index (χ4v) is 9.29. The lowest BCUT2D eigenvalue weighted by atomic mass is 9.65. The number of aromatic nitrogens is 1. The van der Waals surface area contributed by atoms with Crippen LogP contribution in [0.2, 0.25) is 0 Å². The van der Waals surface area contributed by atoms with E-state index in [1.54, 1.807) is 5.56 Å². The van der Waals surface area contributed by atoms with Gasteiger partial charge in [-0.1, -0.05) is 79.2 Å². The number of rotatable bonds is 3. The van der Waals surface area contributed by atoms with Crippen LogP contribution < -0.4 is 9.64 Å². The lowest BCUT2D eigenvalue weighted by molar-refractivity contribution is 0.162. The van der Waals surface area contributed by atoms with Crippen molar-refractivity contribution in [2.75, 3.05) is 19.0 Å². The molecule has 3 aliphatic carbocycles. The van der Waals surface area contributed by atoms with E-state index >= 15 is 0 Å². The van der Waals surface area contributed by atoms with Crippen molar-refractivity contribution < 1.29 is 4.74 Å². The third-order valence-corrected chi connectivity index (χ3v) is 11.1. The summed E-state index contributed by atoms with van der Waals surface area (Å²) in [5, 5.41) is 1.32.